The molecule has 3 rings (SSSR count). The van der Waals surface area contributed by atoms with Crippen molar-refractivity contribution in [3.8, 4) is 5.75 Å². The Kier molecular flexibility index (Phi) is 7.20. The number of quaternary nitrogens is 1. The molecule has 3 aromatic rings. The molecule has 0 fully saturated rings. The standard InChI is InChI=1S/C23H20ClF3N2O2/c1-31-18-9-5-6-15(12-18)14-28-21(16-7-3-2-4-8-16)22(30)29-20-11-10-17(24)13-19(20)23(25,26)27/h2-13,21,28H,14H2,1H3,(H,29,30)/p+1/t21-/m0/s1. The highest BCUT2D eigenvalue weighted by Gasteiger charge is 2.35. The fourth-order valence-corrected chi connectivity index (χ4v) is 3.35. The Balaban J connectivity index is 1.85. The SMILES string of the molecule is COc1cccc(C[NH2+][C@H](C(=O)Nc2ccc(Cl)cc2C(F)(F)F)c2ccccc2)c1. The van der Waals surface area contributed by atoms with Gasteiger partial charge in [0.05, 0.1) is 18.4 Å². The molecule has 0 bridgehead atoms. The second kappa shape index (κ2) is 9.85. The van der Waals surface area contributed by atoms with Gasteiger partial charge in [0, 0.05) is 16.1 Å². The number of methoxy groups -OCH3 is 1. The molecule has 31 heavy (non-hydrogen) atoms. The molecule has 0 aliphatic carbocycles. The van der Waals surface area contributed by atoms with Gasteiger partial charge in [-0.1, -0.05) is 54.1 Å². The van der Waals surface area contributed by atoms with Crippen LogP contribution in [0.2, 0.25) is 5.02 Å². The minimum Gasteiger partial charge on any atom is -0.497 e. The van der Waals surface area contributed by atoms with Gasteiger partial charge in [-0.2, -0.15) is 13.2 Å². The van der Waals surface area contributed by atoms with Crippen LogP contribution in [-0.4, -0.2) is 13.0 Å². The Bertz CT molecular complexity index is 1040. The number of ether oxygens (including phenoxy) is 1. The van der Waals surface area contributed by atoms with E-state index in [1.165, 1.54) is 6.07 Å². The highest BCUT2D eigenvalue weighted by molar-refractivity contribution is 6.30. The molecule has 0 aliphatic heterocycles. The van der Waals surface area contributed by atoms with E-state index in [9.17, 15) is 18.0 Å². The first kappa shape index (κ1) is 22.7. The third-order valence-electron chi connectivity index (χ3n) is 4.71. The quantitative estimate of drug-likeness (QED) is 0.544. The van der Waals surface area contributed by atoms with E-state index in [1.54, 1.807) is 36.7 Å². The van der Waals surface area contributed by atoms with Gasteiger partial charge in [0.2, 0.25) is 0 Å². The molecule has 0 saturated heterocycles. The number of alkyl halides is 3. The Labute approximate surface area is 183 Å². The molecule has 0 aromatic heterocycles. The Morgan fingerprint density at radius 1 is 1.06 bits per heavy atom. The Morgan fingerprint density at radius 3 is 2.48 bits per heavy atom. The number of anilines is 1. The molecule has 162 valence electrons. The van der Waals surface area contributed by atoms with Crippen LogP contribution >= 0.6 is 11.6 Å². The van der Waals surface area contributed by atoms with Crippen molar-refractivity contribution in [1.29, 1.82) is 0 Å². The van der Waals surface area contributed by atoms with Crippen LogP contribution in [0.25, 0.3) is 0 Å². The molecule has 4 nitrogen and oxygen atoms in total. The molecule has 0 saturated carbocycles. The van der Waals surface area contributed by atoms with Gasteiger partial charge >= 0.3 is 6.18 Å². The van der Waals surface area contributed by atoms with Crippen molar-refractivity contribution < 1.29 is 28.0 Å². The van der Waals surface area contributed by atoms with Crippen molar-refractivity contribution in [1.82, 2.24) is 0 Å². The first-order valence-electron chi connectivity index (χ1n) is 9.46. The van der Waals surface area contributed by atoms with Crippen LogP contribution < -0.4 is 15.4 Å². The van der Waals surface area contributed by atoms with Gasteiger partial charge in [-0.05, 0) is 30.3 Å². The maximum atomic E-state index is 13.4. The largest absolute Gasteiger partial charge is 0.497 e. The highest BCUT2D eigenvalue weighted by atomic mass is 35.5. The van der Waals surface area contributed by atoms with Gasteiger partial charge in [-0.3, -0.25) is 4.79 Å². The predicted octanol–water partition coefficient (Wildman–Crippen LogP) is 4.81. The molecule has 1 atom stereocenters. The fourth-order valence-electron chi connectivity index (χ4n) is 3.18. The first-order chi connectivity index (χ1) is 14.8. The van der Waals surface area contributed by atoms with Gasteiger partial charge in [0.15, 0.2) is 6.04 Å². The minimum atomic E-state index is -4.65. The summed E-state index contributed by atoms with van der Waals surface area (Å²) in [5.41, 5.74) is 0.256. The Morgan fingerprint density at radius 2 is 1.81 bits per heavy atom. The number of carbonyl (C=O) groups excluding carboxylic acids is 1. The average Bonchev–Trinajstić information content (AvgIpc) is 2.75. The first-order valence-corrected chi connectivity index (χ1v) is 9.84. The molecule has 0 unspecified atom stereocenters. The summed E-state index contributed by atoms with van der Waals surface area (Å²) >= 11 is 5.73. The Hall–Kier alpha value is -3.03. The van der Waals surface area contributed by atoms with E-state index >= 15 is 0 Å². The van der Waals surface area contributed by atoms with Crippen LogP contribution in [0.15, 0.2) is 72.8 Å². The zero-order valence-corrected chi connectivity index (χ0v) is 17.4. The van der Waals surface area contributed by atoms with E-state index in [4.69, 9.17) is 16.3 Å². The number of nitrogens with two attached hydrogens (primary N) is 1. The summed E-state index contributed by atoms with van der Waals surface area (Å²) in [6, 6.07) is 18.8. The monoisotopic (exact) mass is 449 g/mol. The van der Waals surface area contributed by atoms with E-state index in [0.717, 1.165) is 17.7 Å². The average molecular weight is 450 g/mol. The van der Waals surface area contributed by atoms with Gasteiger partial charge < -0.3 is 15.4 Å². The summed E-state index contributed by atoms with van der Waals surface area (Å²) in [4.78, 5) is 13.1. The number of carbonyl (C=O) groups is 1. The maximum absolute atomic E-state index is 13.4. The van der Waals surface area contributed by atoms with Crippen molar-refractivity contribution in [2.75, 3.05) is 12.4 Å². The fraction of sp³-hybridized carbons (Fsp3) is 0.174. The lowest BCUT2D eigenvalue weighted by atomic mass is 10.0. The van der Waals surface area contributed by atoms with Crippen LogP contribution in [-0.2, 0) is 17.5 Å². The van der Waals surface area contributed by atoms with E-state index in [2.05, 4.69) is 5.32 Å². The smallest absolute Gasteiger partial charge is 0.418 e. The molecule has 3 aromatic carbocycles. The van der Waals surface area contributed by atoms with Crippen LogP contribution in [0.1, 0.15) is 22.7 Å². The second-order valence-corrected chi connectivity index (χ2v) is 7.29. The summed E-state index contributed by atoms with van der Waals surface area (Å²) in [5.74, 6) is 0.115. The molecule has 3 N–H and O–H groups in total. The molecule has 0 radical (unpaired) electrons. The normalized spacial score (nSPS) is 12.3. The lowest BCUT2D eigenvalue weighted by molar-refractivity contribution is -0.697. The maximum Gasteiger partial charge on any atom is 0.418 e. The topological polar surface area (TPSA) is 54.9 Å². The number of halogens is 4. The van der Waals surface area contributed by atoms with Crippen LogP contribution in [0.5, 0.6) is 5.75 Å². The molecular formula is C23H21ClF3N2O2+. The zero-order valence-electron chi connectivity index (χ0n) is 16.6. The van der Waals surface area contributed by atoms with Crippen molar-refractivity contribution in [3.63, 3.8) is 0 Å². The van der Waals surface area contributed by atoms with Crippen molar-refractivity contribution in [3.05, 3.63) is 94.5 Å². The van der Waals surface area contributed by atoms with Crippen LogP contribution in [0, 0.1) is 0 Å². The zero-order chi connectivity index (χ0) is 22.4. The predicted molar refractivity (Wildman–Crippen MR) is 113 cm³/mol. The van der Waals surface area contributed by atoms with Crippen molar-refractivity contribution >= 4 is 23.2 Å². The molecular weight excluding hydrogens is 429 g/mol. The van der Waals surface area contributed by atoms with E-state index < -0.39 is 23.7 Å². The number of hydrogen-bond acceptors (Lipinski definition) is 2. The van der Waals surface area contributed by atoms with Gasteiger partial charge in [-0.15, -0.1) is 0 Å². The van der Waals surface area contributed by atoms with E-state index in [0.29, 0.717) is 17.9 Å². The summed E-state index contributed by atoms with van der Waals surface area (Å²) in [7, 11) is 1.56. The summed E-state index contributed by atoms with van der Waals surface area (Å²) in [6.07, 6.45) is -4.65. The van der Waals surface area contributed by atoms with Crippen molar-refractivity contribution in [2.24, 2.45) is 0 Å². The van der Waals surface area contributed by atoms with Gasteiger partial charge in [0.1, 0.15) is 12.3 Å². The number of nitrogens with one attached hydrogen (secondary N) is 1. The second-order valence-electron chi connectivity index (χ2n) is 6.86. The number of rotatable bonds is 7. The van der Waals surface area contributed by atoms with Crippen molar-refractivity contribution in [2.45, 2.75) is 18.8 Å². The molecule has 8 heteroatoms. The number of hydrogen-bond donors (Lipinski definition) is 2. The molecule has 0 spiro atoms. The van der Waals surface area contributed by atoms with E-state index in [-0.39, 0.29) is 10.7 Å². The summed E-state index contributed by atoms with van der Waals surface area (Å²) in [6.45, 7) is 0.428. The number of amides is 1. The third-order valence-corrected chi connectivity index (χ3v) is 4.94. The number of benzene rings is 3. The molecule has 1 amide bonds. The van der Waals surface area contributed by atoms with E-state index in [1.807, 2.05) is 30.3 Å². The molecule has 0 aliphatic rings. The highest BCUT2D eigenvalue weighted by Crippen LogP contribution is 2.36. The van der Waals surface area contributed by atoms with Crippen LogP contribution in [0.3, 0.4) is 0 Å². The summed E-state index contributed by atoms with van der Waals surface area (Å²) in [5, 5.41) is 4.13. The minimum absolute atomic E-state index is 0.0606. The lowest BCUT2D eigenvalue weighted by Crippen LogP contribution is -2.85. The molecule has 0 heterocycles. The lowest BCUT2D eigenvalue weighted by Gasteiger charge is -2.19. The van der Waals surface area contributed by atoms with Gasteiger partial charge in [0.25, 0.3) is 5.91 Å². The summed E-state index contributed by atoms with van der Waals surface area (Å²) < 4.78 is 45.5. The van der Waals surface area contributed by atoms with Crippen LogP contribution in [0.4, 0.5) is 18.9 Å². The third kappa shape index (κ3) is 5.99. The van der Waals surface area contributed by atoms with Gasteiger partial charge in [-0.25, -0.2) is 0 Å².